The first-order valence-corrected chi connectivity index (χ1v) is 6.33. The van der Waals surface area contributed by atoms with Crippen molar-refractivity contribution >= 4 is 5.69 Å². The highest BCUT2D eigenvalue weighted by Gasteiger charge is 2.39. The molecule has 0 aliphatic heterocycles. The number of rotatable bonds is 3. The first kappa shape index (κ1) is 13.7. The van der Waals surface area contributed by atoms with Gasteiger partial charge in [0, 0.05) is 12.2 Å². The molecule has 0 saturated carbocycles. The van der Waals surface area contributed by atoms with Crippen LogP contribution in [0.2, 0.25) is 0 Å². The monoisotopic (exact) mass is 268 g/mol. The molecular formula is C14H15F3N2. The number of nitriles is 1. The summed E-state index contributed by atoms with van der Waals surface area (Å²) in [4.78, 5) is 0. The van der Waals surface area contributed by atoms with Crippen LogP contribution in [0.5, 0.6) is 0 Å². The average molecular weight is 268 g/mol. The molecule has 0 aromatic heterocycles. The Kier molecular flexibility index (Phi) is 3.98. The van der Waals surface area contributed by atoms with E-state index in [4.69, 9.17) is 5.26 Å². The van der Waals surface area contributed by atoms with Crippen LogP contribution in [-0.2, 0) is 12.8 Å². The minimum atomic E-state index is -4.48. The third kappa shape index (κ3) is 3.19. The van der Waals surface area contributed by atoms with E-state index in [9.17, 15) is 13.2 Å². The first-order valence-electron chi connectivity index (χ1n) is 6.33. The minimum absolute atomic E-state index is 0.392. The van der Waals surface area contributed by atoms with Gasteiger partial charge in [0.15, 0.2) is 5.92 Å². The Morgan fingerprint density at radius 1 is 1.26 bits per heavy atom. The van der Waals surface area contributed by atoms with Crippen LogP contribution in [0.25, 0.3) is 0 Å². The van der Waals surface area contributed by atoms with E-state index >= 15 is 0 Å². The molecule has 1 aromatic carbocycles. The van der Waals surface area contributed by atoms with Crippen LogP contribution >= 0.6 is 0 Å². The number of alkyl halides is 3. The Bertz CT molecular complexity index is 488. The zero-order valence-corrected chi connectivity index (χ0v) is 10.4. The fourth-order valence-electron chi connectivity index (χ4n) is 2.39. The molecule has 1 aliphatic carbocycles. The van der Waals surface area contributed by atoms with Gasteiger partial charge in [-0.1, -0.05) is 12.1 Å². The third-order valence-electron chi connectivity index (χ3n) is 3.44. The van der Waals surface area contributed by atoms with Crippen LogP contribution in [0, 0.1) is 17.2 Å². The lowest BCUT2D eigenvalue weighted by molar-refractivity contribution is -0.155. The number of fused-ring (bicyclic) bond motifs is 1. The fourth-order valence-corrected chi connectivity index (χ4v) is 2.39. The lowest BCUT2D eigenvalue weighted by atomic mass is 9.90. The molecule has 102 valence electrons. The van der Waals surface area contributed by atoms with Crippen LogP contribution in [0.1, 0.15) is 24.0 Å². The summed E-state index contributed by atoms with van der Waals surface area (Å²) in [5.41, 5.74) is 3.05. The summed E-state index contributed by atoms with van der Waals surface area (Å²) in [6, 6.07) is 6.96. The fraction of sp³-hybridized carbons (Fsp3) is 0.500. The summed E-state index contributed by atoms with van der Waals surface area (Å²) < 4.78 is 37.5. The summed E-state index contributed by atoms with van der Waals surface area (Å²) in [6.45, 7) is -0.392. The molecule has 1 unspecified atom stereocenters. The molecule has 0 saturated heterocycles. The van der Waals surface area contributed by atoms with Gasteiger partial charge < -0.3 is 5.32 Å². The first-order chi connectivity index (χ1) is 9.02. The van der Waals surface area contributed by atoms with Crippen molar-refractivity contribution in [2.24, 2.45) is 5.92 Å². The van der Waals surface area contributed by atoms with Crippen molar-refractivity contribution in [2.75, 3.05) is 11.9 Å². The Labute approximate surface area is 110 Å². The highest BCUT2D eigenvalue weighted by atomic mass is 19.4. The van der Waals surface area contributed by atoms with E-state index in [-0.39, 0.29) is 0 Å². The van der Waals surface area contributed by atoms with Crippen molar-refractivity contribution in [3.63, 3.8) is 0 Å². The van der Waals surface area contributed by atoms with Crippen LogP contribution in [-0.4, -0.2) is 12.7 Å². The van der Waals surface area contributed by atoms with E-state index in [1.54, 1.807) is 6.07 Å². The van der Waals surface area contributed by atoms with E-state index in [1.807, 2.05) is 12.1 Å². The van der Waals surface area contributed by atoms with Gasteiger partial charge in [0.05, 0.1) is 6.07 Å². The van der Waals surface area contributed by atoms with Crippen LogP contribution in [0.4, 0.5) is 18.9 Å². The summed E-state index contributed by atoms with van der Waals surface area (Å²) in [7, 11) is 0. The van der Waals surface area contributed by atoms with Gasteiger partial charge in [-0.3, -0.25) is 0 Å². The van der Waals surface area contributed by atoms with Crippen LogP contribution < -0.4 is 5.32 Å². The van der Waals surface area contributed by atoms with Gasteiger partial charge in [-0.05, 0) is 42.9 Å². The summed E-state index contributed by atoms with van der Waals surface area (Å²) >= 11 is 0. The van der Waals surface area contributed by atoms with Gasteiger partial charge in [-0.2, -0.15) is 18.4 Å². The molecule has 19 heavy (non-hydrogen) atoms. The van der Waals surface area contributed by atoms with E-state index < -0.39 is 18.6 Å². The predicted octanol–water partition coefficient (Wildman–Crippen LogP) is 3.68. The third-order valence-corrected chi connectivity index (χ3v) is 3.44. The second-order valence-electron chi connectivity index (χ2n) is 4.75. The smallest absolute Gasteiger partial charge is 0.383 e. The molecule has 1 aromatic rings. The lowest BCUT2D eigenvalue weighted by Crippen LogP contribution is -2.28. The lowest BCUT2D eigenvalue weighted by Gasteiger charge is -2.21. The summed E-state index contributed by atoms with van der Waals surface area (Å²) in [5, 5.41) is 11.4. The molecule has 0 spiro atoms. The molecular weight excluding hydrogens is 253 g/mol. The van der Waals surface area contributed by atoms with Gasteiger partial charge in [-0.25, -0.2) is 0 Å². The molecule has 2 nitrogen and oxygen atoms in total. The number of aryl methyl sites for hydroxylation is 1. The minimum Gasteiger partial charge on any atom is -0.383 e. The number of benzene rings is 1. The zero-order chi connectivity index (χ0) is 13.9. The largest absolute Gasteiger partial charge is 0.406 e. The molecule has 5 heteroatoms. The number of nitrogens with zero attached hydrogens (tertiary/aromatic N) is 1. The van der Waals surface area contributed by atoms with Gasteiger partial charge in [0.1, 0.15) is 0 Å². The topological polar surface area (TPSA) is 35.8 Å². The molecule has 1 atom stereocenters. The van der Waals surface area contributed by atoms with E-state index in [0.717, 1.165) is 36.9 Å². The van der Waals surface area contributed by atoms with E-state index in [2.05, 4.69) is 5.32 Å². The molecule has 1 N–H and O–H groups in total. The Balaban J connectivity index is 2.10. The number of anilines is 1. The quantitative estimate of drug-likeness (QED) is 0.907. The highest BCUT2D eigenvalue weighted by Crippen LogP contribution is 2.30. The number of nitrogens with one attached hydrogen (secondary N) is 1. The second kappa shape index (κ2) is 5.52. The van der Waals surface area contributed by atoms with Crippen molar-refractivity contribution < 1.29 is 13.2 Å². The Hall–Kier alpha value is -1.70. The Morgan fingerprint density at radius 3 is 2.68 bits per heavy atom. The van der Waals surface area contributed by atoms with Crippen LogP contribution in [0.3, 0.4) is 0 Å². The number of halogens is 3. The average Bonchev–Trinajstić information content (AvgIpc) is 2.38. The summed E-state index contributed by atoms with van der Waals surface area (Å²) in [6.07, 6.45) is -0.420. The SMILES string of the molecule is N#CC(CNc1cccc2c1CCCC2)C(F)(F)F. The molecule has 0 bridgehead atoms. The molecule has 0 heterocycles. The number of hydrogen-bond donors (Lipinski definition) is 1. The van der Waals surface area contributed by atoms with Crippen LogP contribution in [0.15, 0.2) is 18.2 Å². The van der Waals surface area contributed by atoms with E-state index in [1.165, 1.54) is 11.6 Å². The maximum Gasteiger partial charge on any atom is 0.406 e. The second-order valence-corrected chi connectivity index (χ2v) is 4.75. The molecule has 0 fully saturated rings. The van der Waals surface area contributed by atoms with Crippen molar-refractivity contribution in [3.05, 3.63) is 29.3 Å². The van der Waals surface area contributed by atoms with E-state index in [0.29, 0.717) is 0 Å². The molecule has 0 amide bonds. The Morgan fingerprint density at radius 2 is 2.00 bits per heavy atom. The van der Waals surface area contributed by atoms with Gasteiger partial charge in [0.25, 0.3) is 0 Å². The molecule has 0 radical (unpaired) electrons. The van der Waals surface area contributed by atoms with Gasteiger partial charge in [0.2, 0.25) is 0 Å². The van der Waals surface area contributed by atoms with Crippen molar-refractivity contribution in [1.82, 2.24) is 0 Å². The maximum atomic E-state index is 12.5. The standard InChI is InChI=1S/C14H15F3N2/c15-14(16,17)11(8-18)9-19-13-7-3-5-10-4-1-2-6-12(10)13/h3,5,7,11,19H,1-2,4,6,9H2. The van der Waals surface area contributed by atoms with Crippen molar-refractivity contribution in [2.45, 2.75) is 31.9 Å². The number of hydrogen-bond acceptors (Lipinski definition) is 2. The highest BCUT2D eigenvalue weighted by molar-refractivity contribution is 5.55. The van der Waals surface area contributed by atoms with Crippen molar-refractivity contribution in [3.8, 4) is 6.07 Å². The molecule has 2 rings (SSSR count). The van der Waals surface area contributed by atoms with Gasteiger partial charge in [-0.15, -0.1) is 0 Å². The predicted molar refractivity (Wildman–Crippen MR) is 66.7 cm³/mol. The zero-order valence-electron chi connectivity index (χ0n) is 10.4. The van der Waals surface area contributed by atoms with Crippen molar-refractivity contribution in [1.29, 1.82) is 5.26 Å². The van der Waals surface area contributed by atoms with Gasteiger partial charge >= 0.3 is 6.18 Å². The normalized spacial score (nSPS) is 16.3. The summed E-state index contributed by atoms with van der Waals surface area (Å²) in [5.74, 6) is -1.97. The maximum absolute atomic E-state index is 12.5. The molecule has 1 aliphatic rings.